The molecule has 2 unspecified atom stereocenters. The average molecular weight is 323 g/mol. The Labute approximate surface area is 137 Å². The third-order valence-electron chi connectivity index (χ3n) is 3.80. The van der Waals surface area contributed by atoms with Crippen molar-refractivity contribution in [1.29, 1.82) is 0 Å². The Balaban J connectivity index is 1.76. The van der Waals surface area contributed by atoms with Crippen molar-refractivity contribution in [2.75, 3.05) is 26.7 Å². The first-order valence-electron chi connectivity index (χ1n) is 8.19. The van der Waals surface area contributed by atoms with Gasteiger partial charge in [-0.05, 0) is 31.4 Å². The Morgan fingerprint density at radius 2 is 2.35 bits per heavy atom. The second-order valence-corrected chi connectivity index (χ2v) is 5.57. The van der Waals surface area contributed by atoms with Crippen molar-refractivity contribution in [3.63, 3.8) is 0 Å². The highest BCUT2D eigenvalue weighted by Gasteiger charge is 2.16. The minimum atomic E-state index is -0.292. The third kappa shape index (κ3) is 6.06. The Kier molecular flexibility index (Phi) is 7.13. The van der Waals surface area contributed by atoms with Crippen LogP contribution in [0.5, 0.6) is 5.75 Å². The third-order valence-corrected chi connectivity index (χ3v) is 3.80. The fourth-order valence-electron chi connectivity index (χ4n) is 2.45. The fourth-order valence-corrected chi connectivity index (χ4v) is 2.45. The van der Waals surface area contributed by atoms with E-state index in [1.807, 2.05) is 6.92 Å². The number of nitrogens with one attached hydrogen (secondary N) is 2. The predicted octanol–water partition coefficient (Wildman–Crippen LogP) is 2.33. The SMILES string of the molecule is CCC(CNC(=NC)NCC1CCCO1)Oc1cccc(F)c1. The molecule has 1 aromatic carbocycles. The molecule has 2 rings (SSSR count). The second kappa shape index (κ2) is 9.35. The molecule has 0 aliphatic carbocycles. The van der Waals surface area contributed by atoms with E-state index in [1.54, 1.807) is 19.2 Å². The van der Waals surface area contributed by atoms with Gasteiger partial charge < -0.3 is 20.1 Å². The highest BCUT2D eigenvalue weighted by Crippen LogP contribution is 2.14. The standard InChI is InChI=1S/C17H26FN3O2/c1-3-14(23-15-7-4-6-13(18)10-15)11-20-17(19-2)21-12-16-8-5-9-22-16/h4,6-7,10,14,16H,3,5,8-9,11-12H2,1-2H3,(H2,19,20,21). The predicted molar refractivity (Wildman–Crippen MR) is 89.4 cm³/mol. The molecule has 0 bridgehead atoms. The van der Waals surface area contributed by atoms with E-state index in [-0.39, 0.29) is 18.0 Å². The van der Waals surface area contributed by atoms with Crippen LogP contribution in [0.1, 0.15) is 26.2 Å². The lowest BCUT2D eigenvalue weighted by molar-refractivity contribution is 0.113. The van der Waals surface area contributed by atoms with E-state index in [0.717, 1.165) is 38.4 Å². The summed E-state index contributed by atoms with van der Waals surface area (Å²) in [7, 11) is 1.74. The van der Waals surface area contributed by atoms with Crippen molar-refractivity contribution in [2.24, 2.45) is 4.99 Å². The first-order chi connectivity index (χ1) is 11.2. The van der Waals surface area contributed by atoms with Gasteiger partial charge in [0.2, 0.25) is 0 Å². The number of aliphatic imine (C=N–C) groups is 1. The van der Waals surface area contributed by atoms with Gasteiger partial charge in [0.1, 0.15) is 17.7 Å². The normalized spacial score (nSPS) is 19.4. The first kappa shape index (κ1) is 17.5. The van der Waals surface area contributed by atoms with Crippen LogP contribution >= 0.6 is 0 Å². The zero-order valence-electron chi connectivity index (χ0n) is 13.8. The van der Waals surface area contributed by atoms with Crippen molar-refractivity contribution in [3.05, 3.63) is 30.1 Å². The Morgan fingerprint density at radius 3 is 3.00 bits per heavy atom. The quantitative estimate of drug-likeness (QED) is 0.597. The molecule has 6 heteroatoms. The van der Waals surface area contributed by atoms with E-state index in [1.165, 1.54) is 12.1 Å². The topological polar surface area (TPSA) is 54.9 Å². The summed E-state index contributed by atoms with van der Waals surface area (Å²) in [5, 5.41) is 6.51. The molecule has 1 heterocycles. The molecular weight excluding hydrogens is 297 g/mol. The van der Waals surface area contributed by atoms with Gasteiger partial charge in [0, 0.05) is 26.3 Å². The largest absolute Gasteiger partial charge is 0.489 e. The van der Waals surface area contributed by atoms with Crippen molar-refractivity contribution < 1.29 is 13.9 Å². The van der Waals surface area contributed by atoms with Gasteiger partial charge in [-0.2, -0.15) is 0 Å². The summed E-state index contributed by atoms with van der Waals surface area (Å²) in [6.07, 6.45) is 3.23. The molecule has 1 aliphatic rings. The summed E-state index contributed by atoms with van der Waals surface area (Å²) < 4.78 is 24.6. The first-order valence-corrected chi connectivity index (χ1v) is 8.19. The van der Waals surface area contributed by atoms with Crippen molar-refractivity contribution >= 4 is 5.96 Å². The lowest BCUT2D eigenvalue weighted by atomic mass is 10.2. The van der Waals surface area contributed by atoms with Crippen LogP contribution < -0.4 is 15.4 Å². The van der Waals surface area contributed by atoms with E-state index in [4.69, 9.17) is 9.47 Å². The number of hydrogen-bond acceptors (Lipinski definition) is 3. The zero-order chi connectivity index (χ0) is 16.5. The average Bonchev–Trinajstić information content (AvgIpc) is 3.07. The van der Waals surface area contributed by atoms with Crippen LogP contribution in [0.15, 0.2) is 29.3 Å². The van der Waals surface area contributed by atoms with E-state index < -0.39 is 0 Å². The minimum Gasteiger partial charge on any atom is -0.489 e. The summed E-state index contributed by atoms with van der Waals surface area (Å²) in [4.78, 5) is 4.20. The van der Waals surface area contributed by atoms with E-state index in [0.29, 0.717) is 12.3 Å². The van der Waals surface area contributed by atoms with Crippen LogP contribution in [0.2, 0.25) is 0 Å². The zero-order valence-corrected chi connectivity index (χ0v) is 13.8. The lowest BCUT2D eigenvalue weighted by Gasteiger charge is -2.20. The number of benzene rings is 1. The Morgan fingerprint density at radius 1 is 1.48 bits per heavy atom. The lowest BCUT2D eigenvalue weighted by Crippen LogP contribution is -2.44. The number of guanidine groups is 1. The summed E-state index contributed by atoms with van der Waals surface area (Å²) in [6.45, 7) is 4.23. The van der Waals surface area contributed by atoms with Crippen LogP contribution in [0.3, 0.4) is 0 Å². The molecule has 2 N–H and O–H groups in total. The van der Waals surface area contributed by atoms with Crippen molar-refractivity contribution in [2.45, 2.75) is 38.4 Å². The van der Waals surface area contributed by atoms with Gasteiger partial charge in [-0.15, -0.1) is 0 Å². The summed E-state index contributed by atoms with van der Waals surface area (Å²) >= 11 is 0. The van der Waals surface area contributed by atoms with Gasteiger partial charge in [0.25, 0.3) is 0 Å². The van der Waals surface area contributed by atoms with Crippen LogP contribution in [0.4, 0.5) is 4.39 Å². The van der Waals surface area contributed by atoms with Gasteiger partial charge in [0.15, 0.2) is 5.96 Å². The van der Waals surface area contributed by atoms with Crippen LogP contribution in [-0.2, 0) is 4.74 Å². The maximum absolute atomic E-state index is 13.2. The summed E-state index contributed by atoms with van der Waals surface area (Å²) in [5.41, 5.74) is 0. The molecule has 0 saturated carbocycles. The fraction of sp³-hybridized carbons (Fsp3) is 0.588. The smallest absolute Gasteiger partial charge is 0.191 e. The van der Waals surface area contributed by atoms with Gasteiger partial charge in [-0.25, -0.2) is 4.39 Å². The van der Waals surface area contributed by atoms with Gasteiger partial charge in [-0.3, -0.25) is 4.99 Å². The number of nitrogens with zero attached hydrogens (tertiary/aromatic N) is 1. The monoisotopic (exact) mass is 323 g/mol. The van der Waals surface area contributed by atoms with Gasteiger partial charge in [-0.1, -0.05) is 13.0 Å². The molecule has 0 radical (unpaired) electrons. The molecule has 5 nitrogen and oxygen atoms in total. The number of ether oxygens (including phenoxy) is 2. The molecule has 1 aromatic rings. The van der Waals surface area contributed by atoms with Crippen molar-refractivity contribution in [3.8, 4) is 5.75 Å². The van der Waals surface area contributed by atoms with Crippen LogP contribution in [0.25, 0.3) is 0 Å². The molecule has 23 heavy (non-hydrogen) atoms. The molecule has 0 spiro atoms. The number of hydrogen-bond donors (Lipinski definition) is 2. The minimum absolute atomic E-state index is 0.0573. The maximum atomic E-state index is 13.2. The Hall–Kier alpha value is -1.82. The molecule has 1 saturated heterocycles. The maximum Gasteiger partial charge on any atom is 0.191 e. The molecule has 128 valence electrons. The van der Waals surface area contributed by atoms with Crippen LogP contribution in [0, 0.1) is 5.82 Å². The summed E-state index contributed by atoms with van der Waals surface area (Å²) in [5.74, 6) is 0.974. The highest BCUT2D eigenvalue weighted by atomic mass is 19.1. The summed E-state index contributed by atoms with van der Waals surface area (Å²) in [6, 6.07) is 6.21. The Bertz CT molecular complexity index is 504. The van der Waals surface area contributed by atoms with E-state index in [2.05, 4.69) is 15.6 Å². The molecule has 1 fully saturated rings. The van der Waals surface area contributed by atoms with E-state index in [9.17, 15) is 4.39 Å². The number of rotatable bonds is 7. The second-order valence-electron chi connectivity index (χ2n) is 5.57. The van der Waals surface area contributed by atoms with Gasteiger partial charge in [0.05, 0.1) is 12.6 Å². The molecule has 2 atom stereocenters. The van der Waals surface area contributed by atoms with Crippen LogP contribution in [-0.4, -0.2) is 44.9 Å². The molecule has 0 amide bonds. The highest BCUT2D eigenvalue weighted by molar-refractivity contribution is 5.79. The molecular formula is C17H26FN3O2. The van der Waals surface area contributed by atoms with E-state index >= 15 is 0 Å². The van der Waals surface area contributed by atoms with Crippen molar-refractivity contribution in [1.82, 2.24) is 10.6 Å². The molecule has 0 aromatic heterocycles. The number of halogens is 1. The van der Waals surface area contributed by atoms with Gasteiger partial charge >= 0.3 is 0 Å². The molecule has 1 aliphatic heterocycles.